The van der Waals surface area contributed by atoms with Crippen LogP contribution in [-0.4, -0.2) is 14.2 Å². The lowest BCUT2D eigenvalue weighted by Gasteiger charge is -2.12. The quantitative estimate of drug-likeness (QED) is 0.741. The van der Waals surface area contributed by atoms with Gasteiger partial charge in [0.05, 0.1) is 14.2 Å². The number of nitrogens with one attached hydrogen (secondary N) is 1. The van der Waals surface area contributed by atoms with Crippen LogP contribution in [0.15, 0.2) is 32.5 Å². The van der Waals surface area contributed by atoms with Crippen molar-refractivity contribution >= 4 is 43.2 Å². The molecule has 1 aromatic carbocycles. The van der Waals surface area contributed by atoms with E-state index >= 15 is 0 Å². The standard InChI is InChI=1S/C14H15Br2NO2S/c1-18-13-3-9(12(16)5-14(13)19-2)6-17-7-11-4-10(15)8-20-11/h3-5,8,17H,6-7H2,1-2H3. The van der Waals surface area contributed by atoms with Crippen LogP contribution in [0.4, 0.5) is 0 Å². The number of ether oxygens (including phenoxy) is 2. The summed E-state index contributed by atoms with van der Waals surface area (Å²) in [7, 11) is 3.28. The summed E-state index contributed by atoms with van der Waals surface area (Å²) in [5.41, 5.74) is 1.14. The number of thiophene rings is 1. The van der Waals surface area contributed by atoms with Crippen LogP contribution < -0.4 is 14.8 Å². The fourth-order valence-corrected chi connectivity index (χ4v) is 3.68. The van der Waals surface area contributed by atoms with Crippen LogP contribution in [0.1, 0.15) is 10.4 Å². The number of methoxy groups -OCH3 is 2. The van der Waals surface area contributed by atoms with E-state index in [1.165, 1.54) is 4.88 Å². The summed E-state index contributed by atoms with van der Waals surface area (Å²) >= 11 is 8.76. The summed E-state index contributed by atoms with van der Waals surface area (Å²) in [6, 6.07) is 6.04. The van der Waals surface area contributed by atoms with E-state index in [9.17, 15) is 0 Å². The Bertz CT molecular complexity index is 587. The summed E-state index contributed by atoms with van der Waals surface area (Å²) in [6.07, 6.45) is 0. The first-order chi connectivity index (χ1) is 9.63. The lowest BCUT2D eigenvalue weighted by molar-refractivity contribution is 0.354. The van der Waals surface area contributed by atoms with E-state index in [0.29, 0.717) is 0 Å². The fraction of sp³-hybridized carbons (Fsp3) is 0.286. The van der Waals surface area contributed by atoms with Crippen LogP contribution in [0.25, 0.3) is 0 Å². The highest BCUT2D eigenvalue weighted by Gasteiger charge is 2.09. The molecule has 0 fully saturated rings. The Morgan fingerprint density at radius 1 is 1.05 bits per heavy atom. The van der Waals surface area contributed by atoms with E-state index in [0.717, 1.165) is 39.1 Å². The maximum absolute atomic E-state index is 5.32. The average molecular weight is 421 g/mol. The van der Waals surface area contributed by atoms with Crippen molar-refractivity contribution in [3.05, 3.63) is 43.0 Å². The highest BCUT2D eigenvalue weighted by molar-refractivity contribution is 9.10. The van der Waals surface area contributed by atoms with Crippen LogP contribution in [0, 0.1) is 0 Å². The summed E-state index contributed by atoms with van der Waals surface area (Å²) in [6.45, 7) is 1.60. The molecule has 0 spiro atoms. The Hall–Kier alpha value is -0.560. The van der Waals surface area contributed by atoms with E-state index < -0.39 is 0 Å². The van der Waals surface area contributed by atoms with Gasteiger partial charge in [0.1, 0.15) is 0 Å². The predicted octanol–water partition coefficient (Wildman–Crippen LogP) is 4.58. The monoisotopic (exact) mass is 419 g/mol. The van der Waals surface area contributed by atoms with Gasteiger partial charge in [-0.05, 0) is 39.7 Å². The van der Waals surface area contributed by atoms with Gasteiger partial charge in [0, 0.05) is 32.3 Å². The minimum atomic E-state index is 0.727. The number of hydrogen-bond acceptors (Lipinski definition) is 4. The first-order valence-electron chi connectivity index (χ1n) is 5.98. The summed E-state index contributed by atoms with van der Waals surface area (Å²) in [4.78, 5) is 1.30. The lowest BCUT2D eigenvalue weighted by Crippen LogP contribution is -2.12. The van der Waals surface area contributed by atoms with Crippen molar-refractivity contribution in [2.24, 2.45) is 0 Å². The molecule has 0 radical (unpaired) electrons. The minimum absolute atomic E-state index is 0.727. The molecule has 0 saturated carbocycles. The zero-order valence-corrected chi connectivity index (χ0v) is 15.2. The molecule has 2 aromatic rings. The van der Waals surface area contributed by atoms with Gasteiger partial charge in [-0.15, -0.1) is 11.3 Å². The predicted molar refractivity (Wildman–Crippen MR) is 89.8 cm³/mol. The molecule has 3 nitrogen and oxygen atoms in total. The van der Waals surface area contributed by atoms with E-state index in [-0.39, 0.29) is 0 Å². The summed E-state index contributed by atoms with van der Waals surface area (Å²) < 4.78 is 12.7. The molecule has 1 N–H and O–H groups in total. The van der Waals surface area contributed by atoms with Crippen LogP contribution in [0.3, 0.4) is 0 Å². The van der Waals surface area contributed by atoms with E-state index in [4.69, 9.17) is 9.47 Å². The van der Waals surface area contributed by atoms with Gasteiger partial charge >= 0.3 is 0 Å². The Morgan fingerprint density at radius 2 is 1.75 bits per heavy atom. The minimum Gasteiger partial charge on any atom is -0.493 e. The van der Waals surface area contributed by atoms with Gasteiger partial charge in [-0.1, -0.05) is 15.9 Å². The lowest BCUT2D eigenvalue weighted by atomic mass is 10.2. The third-order valence-corrected chi connectivity index (χ3v) is 5.22. The molecule has 1 aromatic heterocycles. The molecule has 0 unspecified atom stereocenters. The van der Waals surface area contributed by atoms with Gasteiger partial charge < -0.3 is 14.8 Å². The van der Waals surface area contributed by atoms with Crippen molar-refractivity contribution in [3.63, 3.8) is 0 Å². The Morgan fingerprint density at radius 3 is 2.35 bits per heavy atom. The molecule has 0 saturated heterocycles. The van der Waals surface area contributed by atoms with Crippen molar-refractivity contribution in [2.75, 3.05) is 14.2 Å². The molecular formula is C14H15Br2NO2S. The first-order valence-corrected chi connectivity index (χ1v) is 8.44. The molecule has 0 aliphatic heterocycles. The molecule has 0 atom stereocenters. The van der Waals surface area contributed by atoms with Crippen molar-refractivity contribution in [1.82, 2.24) is 5.32 Å². The van der Waals surface area contributed by atoms with Crippen molar-refractivity contribution < 1.29 is 9.47 Å². The second-order valence-electron chi connectivity index (χ2n) is 4.13. The molecule has 0 aliphatic carbocycles. The molecule has 2 rings (SSSR count). The Kier molecular flexibility index (Phi) is 5.89. The molecule has 108 valence electrons. The van der Waals surface area contributed by atoms with Gasteiger partial charge in [-0.25, -0.2) is 0 Å². The van der Waals surface area contributed by atoms with Gasteiger partial charge in [0.2, 0.25) is 0 Å². The normalized spacial score (nSPS) is 10.6. The zero-order chi connectivity index (χ0) is 14.5. The first kappa shape index (κ1) is 15.8. The highest BCUT2D eigenvalue weighted by Crippen LogP contribution is 2.33. The van der Waals surface area contributed by atoms with Crippen molar-refractivity contribution in [3.8, 4) is 11.5 Å². The molecule has 1 heterocycles. The summed E-state index contributed by atoms with van der Waals surface area (Å²) in [5.74, 6) is 1.47. The van der Waals surface area contributed by atoms with Crippen LogP contribution >= 0.6 is 43.2 Å². The SMILES string of the molecule is COc1cc(Br)c(CNCc2cc(Br)cs2)cc1OC. The average Bonchev–Trinajstić information content (AvgIpc) is 2.85. The second kappa shape index (κ2) is 7.45. The molecule has 0 bridgehead atoms. The van der Waals surface area contributed by atoms with E-state index in [1.807, 2.05) is 12.1 Å². The zero-order valence-electron chi connectivity index (χ0n) is 11.2. The maximum atomic E-state index is 5.32. The Balaban J connectivity index is 2.02. The topological polar surface area (TPSA) is 30.5 Å². The van der Waals surface area contributed by atoms with Gasteiger partial charge in [0.15, 0.2) is 11.5 Å². The Labute approximate surface area is 139 Å². The van der Waals surface area contributed by atoms with Crippen molar-refractivity contribution in [2.45, 2.75) is 13.1 Å². The third kappa shape index (κ3) is 3.97. The largest absolute Gasteiger partial charge is 0.493 e. The van der Waals surface area contributed by atoms with E-state index in [1.54, 1.807) is 25.6 Å². The molecule has 20 heavy (non-hydrogen) atoms. The fourth-order valence-electron chi connectivity index (χ4n) is 1.80. The second-order valence-corrected chi connectivity index (χ2v) is 6.90. The number of halogens is 2. The molecule has 0 amide bonds. The van der Waals surface area contributed by atoms with Gasteiger partial charge in [-0.2, -0.15) is 0 Å². The number of benzene rings is 1. The molecule has 0 aliphatic rings. The third-order valence-electron chi connectivity index (χ3n) is 2.79. The smallest absolute Gasteiger partial charge is 0.161 e. The van der Waals surface area contributed by atoms with Crippen molar-refractivity contribution in [1.29, 1.82) is 0 Å². The summed E-state index contributed by atoms with van der Waals surface area (Å²) in [5, 5.41) is 5.51. The highest BCUT2D eigenvalue weighted by atomic mass is 79.9. The van der Waals surface area contributed by atoms with Crippen LogP contribution in [0.5, 0.6) is 11.5 Å². The number of rotatable bonds is 6. The van der Waals surface area contributed by atoms with Gasteiger partial charge in [0.25, 0.3) is 0 Å². The molecule has 6 heteroatoms. The van der Waals surface area contributed by atoms with E-state index in [2.05, 4.69) is 48.6 Å². The van der Waals surface area contributed by atoms with Crippen LogP contribution in [-0.2, 0) is 13.1 Å². The van der Waals surface area contributed by atoms with Crippen LogP contribution in [0.2, 0.25) is 0 Å². The number of hydrogen-bond donors (Lipinski definition) is 1. The maximum Gasteiger partial charge on any atom is 0.161 e. The molecular weight excluding hydrogens is 406 g/mol. The van der Waals surface area contributed by atoms with Gasteiger partial charge in [-0.3, -0.25) is 0 Å².